The molecular formula is C14H12FN3O5. The average Bonchev–Trinajstić information content (AvgIpc) is 2.50. The van der Waals surface area contributed by atoms with Crippen molar-refractivity contribution in [1.82, 2.24) is 4.57 Å². The van der Waals surface area contributed by atoms with Crippen molar-refractivity contribution in [1.29, 1.82) is 0 Å². The Hall–Kier alpha value is -3.23. The first-order valence-electron chi connectivity index (χ1n) is 6.46. The smallest absolute Gasteiger partial charge is 0.286 e. The maximum atomic E-state index is 13.4. The Bertz CT molecular complexity index is 818. The molecule has 0 spiro atoms. The van der Waals surface area contributed by atoms with Crippen LogP contribution in [0.1, 0.15) is 10.4 Å². The summed E-state index contributed by atoms with van der Waals surface area (Å²) >= 11 is 0. The lowest BCUT2D eigenvalue weighted by atomic mass is 10.2. The fourth-order valence-electron chi connectivity index (χ4n) is 1.88. The van der Waals surface area contributed by atoms with E-state index in [1.807, 2.05) is 0 Å². The molecule has 120 valence electrons. The summed E-state index contributed by atoms with van der Waals surface area (Å²) in [6.45, 7) is -0.241. The molecule has 2 N–H and O–H groups in total. The van der Waals surface area contributed by atoms with Crippen molar-refractivity contribution in [3.8, 4) is 5.75 Å². The van der Waals surface area contributed by atoms with Gasteiger partial charge >= 0.3 is 0 Å². The van der Waals surface area contributed by atoms with E-state index in [4.69, 9.17) is 10.5 Å². The van der Waals surface area contributed by atoms with Crippen LogP contribution >= 0.6 is 0 Å². The Balaban J connectivity index is 2.22. The van der Waals surface area contributed by atoms with Crippen LogP contribution in [0.4, 0.5) is 10.1 Å². The SMILES string of the molecule is NC(=O)c1cc([N+](=O)[O-])cn(CCOc2ccccc2F)c1=O. The fraction of sp³-hybridized carbons (Fsp3) is 0.143. The normalized spacial score (nSPS) is 10.3. The Morgan fingerprint density at radius 3 is 2.70 bits per heavy atom. The molecular weight excluding hydrogens is 309 g/mol. The molecule has 1 amide bonds. The number of nitrogens with zero attached hydrogens (tertiary/aromatic N) is 2. The third-order valence-corrected chi connectivity index (χ3v) is 2.97. The van der Waals surface area contributed by atoms with Crippen molar-refractivity contribution in [3.05, 3.63) is 68.4 Å². The third-order valence-electron chi connectivity index (χ3n) is 2.97. The number of nitrogens with two attached hydrogens (primary N) is 1. The lowest BCUT2D eigenvalue weighted by Gasteiger charge is -2.09. The second-order valence-electron chi connectivity index (χ2n) is 4.51. The van der Waals surface area contributed by atoms with Gasteiger partial charge in [0.25, 0.3) is 17.2 Å². The predicted octanol–water partition coefficient (Wildman–Crippen LogP) is 1.07. The number of halogens is 1. The van der Waals surface area contributed by atoms with Crippen LogP contribution in [-0.2, 0) is 6.54 Å². The number of amides is 1. The molecule has 0 aliphatic heterocycles. The number of rotatable bonds is 6. The van der Waals surface area contributed by atoms with Gasteiger partial charge in [-0.25, -0.2) is 4.39 Å². The van der Waals surface area contributed by atoms with Gasteiger partial charge in [-0.2, -0.15) is 0 Å². The second-order valence-corrected chi connectivity index (χ2v) is 4.51. The molecule has 0 saturated heterocycles. The van der Waals surface area contributed by atoms with Crippen LogP contribution in [0.15, 0.2) is 41.3 Å². The second kappa shape index (κ2) is 6.69. The number of benzene rings is 1. The monoisotopic (exact) mass is 321 g/mol. The number of nitro groups is 1. The van der Waals surface area contributed by atoms with Crippen LogP contribution in [0.3, 0.4) is 0 Å². The zero-order valence-electron chi connectivity index (χ0n) is 11.8. The van der Waals surface area contributed by atoms with Crippen LogP contribution in [0.2, 0.25) is 0 Å². The molecule has 0 fully saturated rings. The largest absolute Gasteiger partial charge is 0.489 e. The molecule has 9 heteroatoms. The molecule has 0 aliphatic rings. The number of hydrogen-bond acceptors (Lipinski definition) is 5. The highest BCUT2D eigenvalue weighted by Gasteiger charge is 2.17. The maximum Gasteiger partial charge on any atom is 0.286 e. The summed E-state index contributed by atoms with van der Waals surface area (Å²) in [6, 6.07) is 6.49. The lowest BCUT2D eigenvalue weighted by Crippen LogP contribution is -2.31. The highest BCUT2D eigenvalue weighted by molar-refractivity contribution is 5.92. The minimum Gasteiger partial charge on any atom is -0.489 e. The maximum absolute atomic E-state index is 13.4. The van der Waals surface area contributed by atoms with E-state index in [9.17, 15) is 24.1 Å². The molecule has 23 heavy (non-hydrogen) atoms. The van der Waals surface area contributed by atoms with Gasteiger partial charge in [-0.15, -0.1) is 0 Å². The van der Waals surface area contributed by atoms with Crippen LogP contribution in [-0.4, -0.2) is 22.0 Å². The van der Waals surface area contributed by atoms with E-state index in [-0.39, 0.29) is 18.9 Å². The summed E-state index contributed by atoms with van der Waals surface area (Å²) in [7, 11) is 0. The predicted molar refractivity (Wildman–Crippen MR) is 77.8 cm³/mol. The topological polar surface area (TPSA) is 117 Å². The molecule has 0 atom stereocenters. The first kappa shape index (κ1) is 16.1. The summed E-state index contributed by atoms with van der Waals surface area (Å²) in [4.78, 5) is 33.3. The number of hydrogen-bond donors (Lipinski definition) is 1. The van der Waals surface area contributed by atoms with Crippen LogP contribution < -0.4 is 16.0 Å². The van der Waals surface area contributed by atoms with E-state index in [1.165, 1.54) is 18.2 Å². The fourth-order valence-corrected chi connectivity index (χ4v) is 1.88. The molecule has 0 bridgehead atoms. The van der Waals surface area contributed by atoms with Gasteiger partial charge in [0.15, 0.2) is 11.6 Å². The summed E-state index contributed by atoms with van der Waals surface area (Å²) in [5.74, 6) is -1.65. The zero-order valence-corrected chi connectivity index (χ0v) is 11.8. The van der Waals surface area contributed by atoms with E-state index >= 15 is 0 Å². The minimum atomic E-state index is -1.07. The Kier molecular flexibility index (Phi) is 4.69. The van der Waals surface area contributed by atoms with Crippen molar-refractivity contribution in [2.75, 3.05) is 6.61 Å². The molecule has 0 radical (unpaired) electrons. The van der Waals surface area contributed by atoms with Gasteiger partial charge in [0.1, 0.15) is 12.2 Å². The molecule has 2 rings (SSSR count). The Morgan fingerprint density at radius 1 is 1.39 bits per heavy atom. The molecule has 0 aliphatic carbocycles. The van der Waals surface area contributed by atoms with Crippen molar-refractivity contribution in [3.63, 3.8) is 0 Å². The zero-order chi connectivity index (χ0) is 17.0. The van der Waals surface area contributed by atoms with E-state index in [0.29, 0.717) is 0 Å². The van der Waals surface area contributed by atoms with Crippen molar-refractivity contribution in [2.45, 2.75) is 6.54 Å². The van der Waals surface area contributed by atoms with E-state index < -0.39 is 33.5 Å². The van der Waals surface area contributed by atoms with Crippen molar-refractivity contribution >= 4 is 11.6 Å². The van der Waals surface area contributed by atoms with Gasteiger partial charge in [-0.1, -0.05) is 12.1 Å². The average molecular weight is 321 g/mol. The summed E-state index contributed by atoms with van der Waals surface area (Å²) < 4.78 is 19.5. The van der Waals surface area contributed by atoms with Gasteiger partial charge in [0.2, 0.25) is 0 Å². The first-order chi connectivity index (χ1) is 10.9. The van der Waals surface area contributed by atoms with Gasteiger partial charge in [0.05, 0.1) is 17.7 Å². The molecule has 1 aromatic carbocycles. The number of carbonyl (C=O) groups excluding carboxylic acids is 1. The van der Waals surface area contributed by atoms with Crippen molar-refractivity contribution < 1.29 is 18.8 Å². The minimum absolute atomic E-state index is 0.0129. The number of para-hydroxylation sites is 1. The molecule has 0 saturated carbocycles. The summed E-state index contributed by atoms with van der Waals surface area (Å²) in [5.41, 5.74) is 3.31. The Labute approximate surface area is 129 Å². The van der Waals surface area contributed by atoms with Crippen LogP contribution in [0.25, 0.3) is 0 Å². The summed E-state index contributed by atoms with van der Waals surface area (Å²) in [6.07, 6.45) is 0.972. The highest BCUT2D eigenvalue weighted by Crippen LogP contribution is 2.15. The molecule has 8 nitrogen and oxygen atoms in total. The van der Waals surface area contributed by atoms with Crippen LogP contribution in [0.5, 0.6) is 5.75 Å². The first-order valence-corrected chi connectivity index (χ1v) is 6.46. The van der Waals surface area contributed by atoms with E-state index in [0.717, 1.165) is 16.8 Å². The molecule has 2 aromatic rings. The van der Waals surface area contributed by atoms with Gasteiger partial charge < -0.3 is 15.0 Å². The number of primary amides is 1. The lowest BCUT2D eigenvalue weighted by molar-refractivity contribution is -0.385. The van der Waals surface area contributed by atoms with E-state index in [1.54, 1.807) is 6.07 Å². The highest BCUT2D eigenvalue weighted by atomic mass is 19.1. The molecule has 0 unspecified atom stereocenters. The number of pyridine rings is 1. The van der Waals surface area contributed by atoms with Gasteiger partial charge in [-0.05, 0) is 12.1 Å². The van der Waals surface area contributed by atoms with Gasteiger partial charge in [-0.3, -0.25) is 19.7 Å². The number of aromatic nitrogens is 1. The quantitative estimate of drug-likeness (QED) is 0.631. The van der Waals surface area contributed by atoms with Crippen LogP contribution in [0, 0.1) is 15.9 Å². The van der Waals surface area contributed by atoms with Crippen molar-refractivity contribution in [2.24, 2.45) is 5.73 Å². The van der Waals surface area contributed by atoms with Gasteiger partial charge in [0, 0.05) is 6.07 Å². The Morgan fingerprint density at radius 2 is 2.09 bits per heavy atom. The third kappa shape index (κ3) is 3.70. The number of carbonyl (C=O) groups is 1. The standard InChI is InChI=1S/C14H12FN3O5/c15-11-3-1-2-4-12(11)23-6-5-17-8-9(18(21)22)7-10(13(16)19)14(17)20/h1-4,7-8H,5-6H2,(H2,16,19). The van der Waals surface area contributed by atoms with E-state index in [2.05, 4.69) is 0 Å². The molecule has 1 aromatic heterocycles. The number of ether oxygens (including phenoxy) is 1. The summed E-state index contributed by atoms with van der Waals surface area (Å²) in [5, 5.41) is 10.8. The molecule has 1 heterocycles.